The van der Waals surface area contributed by atoms with Gasteiger partial charge in [-0.1, -0.05) is 27.2 Å². The average molecular weight is 250 g/mol. The molecule has 2 N–H and O–H groups in total. The summed E-state index contributed by atoms with van der Waals surface area (Å²) in [5, 5.41) is 6.75. The highest BCUT2D eigenvalue weighted by Crippen LogP contribution is 2.15. The van der Waals surface area contributed by atoms with Gasteiger partial charge in [0, 0.05) is 24.8 Å². The molecule has 0 atom stereocenters. The van der Waals surface area contributed by atoms with Gasteiger partial charge in [0.25, 0.3) is 0 Å². The van der Waals surface area contributed by atoms with Crippen LogP contribution in [0.3, 0.4) is 0 Å². The molecule has 18 heavy (non-hydrogen) atoms. The second-order valence-electron chi connectivity index (χ2n) is 4.76. The van der Waals surface area contributed by atoms with Gasteiger partial charge in [-0.3, -0.25) is 0 Å². The van der Waals surface area contributed by atoms with E-state index >= 15 is 0 Å². The molecule has 1 rings (SSSR count). The van der Waals surface area contributed by atoms with E-state index in [1.807, 2.05) is 12.1 Å². The van der Waals surface area contributed by atoms with Crippen LogP contribution >= 0.6 is 0 Å². The van der Waals surface area contributed by atoms with Crippen molar-refractivity contribution >= 4 is 5.69 Å². The Morgan fingerprint density at radius 3 is 2.44 bits per heavy atom. The smallest absolute Gasteiger partial charge is 0.119 e. The van der Waals surface area contributed by atoms with Gasteiger partial charge in [-0.15, -0.1) is 0 Å². The van der Waals surface area contributed by atoms with Crippen molar-refractivity contribution in [3.05, 3.63) is 24.3 Å². The zero-order valence-corrected chi connectivity index (χ0v) is 11.8. The molecule has 1 aromatic carbocycles. The van der Waals surface area contributed by atoms with Crippen molar-refractivity contribution in [1.29, 1.82) is 0 Å². The van der Waals surface area contributed by atoms with Crippen molar-refractivity contribution in [2.45, 2.75) is 39.7 Å². The van der Waals surface area contributed by atoms with Crippen molar-refractivity contribution in [2.75, 3.05) is 25.0 Å². The third kappa shape index (κ3) is 6.50. The molecule has 0 unspecified atom stereocenters. The van der Waals surface area contributed by atoms with Crippen LogP contribution in [0, 0.1) is 0 Å². The molecule has 0 heterocycles. The molecule has 0 aliphatic heterocycles. The van der Waals surface area contributed by atoms with Crippen LogP contribution in [0.15, 0.2) is 24.3 Å². The lowest BCUT2D eigenvalue weighted by molar-refractivity contribution is 0.309. The first-order valence-electron chi connectivity index (χ1n) is 6.92. The standard InChI is InChI=1S/C15H26N2O/c1-4-5-12-18-15-8-6-14(7-9-15)17-11-10-16-13(2)3/h6-9,13,16-17H,4-5,10-12H2,1-3H3. The van der Waals surface area contributed by atoms with Gasteiger partial charge in [-0.2, -0.15) is 0 Å². The summed E-state index contributed by atoms with van der Waals surface area (Å²) in [5.74, 6) is 0.953. The number of ether oxygens (including phenoxy) is 1. The van der Waals surface area contributed by atoms with Gasteiger partial charge in [-0.25, -0.2) is 0 Å². The minimum atomic E-state index is 0.543. The Kier molecular flexibility index (Phi) is 7.26. The number of anilines is 1. The summed E-state index contributed by atoms with van der Waals surface area (Å²) in [4.78, 5) is 0. The molecule has 102 valence electrons. The SMILES string of the molecule is CCCCOc1ccc(NCCNC(C)C)cc1. The van der Waals surface area contributed by atoms with Crippen molar-refractivity contribution < 1.29 is 4.74 Å². The van der Waals surface area contributed by atoms with Gasteiger partial charge >= 0.3 is 0 Å². The lowest BCUT2D eigenvalue weighted by atomic mass is 10.3. The molecule has 0 aromatic heterocycles. The lowest BCUT2D eigenvalue weighted by Gasteiger charge is -2.11. The molecule has 3 nitrogen and oxygen atoms in total. The molecule has 0 bridgehead atoms. The van der Waals surface area contributed by atoms with Gasteiger partial charge in [0.1, 0.15) is 5.75 Å². The second-order valence-corrected chi connectivity index (χ2v) is 4.76. The van der Waals surface area contributed by atoms with Crippen LogP contribution in [0.5, 0.6) is 5.75 Å². The highest BCUT2D eigenvalue weighted by molar-refractivity contribution is 5.46. The fraction of sp³-hybridized carbons (Fsp3) is 0.600. The zero-order valence-electron chi connectivity index (χ0n) is 11.8. The Bertz CT molecular complexity index is 309. The first-order chi connectivity index (χ1) is 8.72. The predicted octanol–water partition coefficient (Wildman–Crippen LogP) is 3.28. The highest BCUT2D eigenvalue weighted by Gasteiger charge is 1.96. The molecular weight excluding hydrogens is 224 g/mol. The maximum Gasteiger partial charge on any atom is 0.119 e. The predicted molar refractivity (Wildman–Crippen MR) is 78.5 cm³/mol. The molecule has 0 spiro atoms. The van der Waals surface area contributed by atoms with Crippen molar-refractivity contribution in [2.24, 2.45) is 0 Å². The molecule has 3 heteroatoms. The van der Waals surface area contributed by atoms with E-state index in [2.05, 4.69) is 43.5 Å². The lowest BCUT2D eigenvalue weighted by Crippen LogP contribution is -2.28. The number of hydrogen-bond donors (Lipinski definition) is 2. The van der Waals surface area contributed by atoms with Gasteiger partial charge in [0.2, 0.25) is 0 Å². The van der Waals surface area contributed by atoms with E-state index in [9.17, 15) is 0 Å². The van der Waals surface area contributed by atoms with Crippen molar-refractivity contribution in [3.63, 3.8) is 0 Å². The third-order valence-electron chi connectivity index (χ3n) is 2.63. The molecule has 0 amide bonds. The van der Waals surface area contributed by atoms with Crippen LogP contribution in [-0.2, 0) is 0 Å². The third-order valence-corrected chi connectivity index (χ3v) is 2.63. The van der Waals surface area contributed by atoms with Crippen LogP contribution in [-0.4, -0.2) is 25.7 Å². The summed E-state index contributed by atoms with van der Waals surface area (Å²) >= 11 is 0. The summed E-state index contributed by atoms with van der Waals surface area (Å²) in [6.07, 6.45) is 2.28. The first kappa shape index (κ1) is 14.8. The molecule has 0 aliphatic carbocycles. The molecule has 0 radical (unpaired) electrons. The summed E-state index contributed by atoms with van der Waals surface area (Å²) in [7, 11) is 0. The van der Waals surface area contributed by atoms with E-state index in [1.54, 1.807) is 0 Å². The van der Waals surface area contributed by atoms with E-state index in [0.717, 1.165) is 37.6 Å². The minimum Gasteiger partial charge on any atom is -0.494 e. The van der Waals surface area contributed by atoms with Crippen LogP contribution in [0.4, 0.5) is 5.69 Å². The van der Waals surface area contributed by atoms with Gasteiger partial charge in [-0.05, 0) is 30.7 Å². The van der Waals surface area contributed by atoms with Crippen LogP contribution < -0.4 is 15.4 Å². The van der Waals surface area contributed by atoms with Gasteiger partial charge < -0.3 is 15.4 Å². The Balaban J connectivity index is 2.23. The topological polar surface area (TPSA) is 33.3 Å². The normalized spacial score (nSPS) is 10.7. The molecule has 0 saturated heterocycles. The Hall–Kier alpha value is -1.22. The first-order valence-corrected chi connectivity index (χ1v) is 6.92. The number of hydrogen-bond acceptors (Lipinski definition) is 3. The number of benzene rings is 1. The second kappa shape index (κ2) is 8.81. The maximum atomic E-state index is 5.62. The number of rotatable bonds is 9. The van der Waals surface area contributed by atoms with E-state index in [0.29, 0.717) is 6.04 Å². The van der Waals surface area contributed by atoms with E-state index in [1.165, 1.54) is 6.42 Å². The van der Waals surface area contributed by atoms with Crippen LogP contribution in [0.2, 0.25) is 0 Å². The number of unbranched alkanes of at least 4 members (excludes halogenated alkanes) is 1. The Morgan fingerprint density at radius 1 is 1.11 bits per heavy atom. The van der Waals surface area contributed by atoms with E-state index in [4.69, 9.17) is 4.74 Å². The molecule has 0 fully saturated rings. The van der Waals surface area contributed by atoms with E-state index < -0.39 is 0 Å². The summed E-state index contributed by atoms with van der Waals surface area (Å²) in [6.45, 7) is 9.20. The maximum absolute atomic E-state index is 5.62. The molecule has 0 aliphatic rings. The quantitative estimate of drug-likeness (QED) is 0.660. The summed E-state index contributed by atoms with van der Waals surface area (Å²) in [5.41, 5.74) is 1.14. The van der Waals surface area contributed by atoms with E-state index in [-0.39, 0.29) is 0 Å². The summed E-state index contributed by atoms with van der Waals surface area (Å²) < 4.78 is 5.62. The number of nitrogens with one attached hydrogen (secondary N) is 2. The van der Waals surface area contributed by atoms with Crippen molar-refractivity contribution in [1.82, 2.24) is 5.32 Å². The van der Waals surface area contributed by atoms with Crippen LogP contribution in [0.25, 0.3) is 0 Å². The Morgan fingerprint density at radius 2 is 1.83 bits per heavy atom. The fourth-order valence-corrected chi connectivity index (χ4v) is 1.57. The monoisotopic (exact) mass is 250 g/mol. The van der Waals surface area contributed by atoms with Gasteiger partial charge in [0.05, 0.1) is 6.61 Å². The zero-order chi connectivity index (χ0) is 13.2. The largest absolute Gasteiger partial charge is 0.494 e. The average Bonchev–Trinajstić information content (AvgIpc) is 2.36. The minimum absolute atomic E-state index is 0.543. The van der Waals surface area contributed by atoms with Gasteiger partial charge in [0.15, 0.2) is 0 Å². The summed E-state index contributed by atoms with van der Waals surface area (Å²) in [6, 6.07) is 8.72. The molecule has 0 saturated carbocycles. The molecule has 1 aromatic rings. The highest BCUT2D eigenvalue weighted by atomic mass is 16.5. The van der Waals surface area contributed by atoms with Crippen LogP contribution in [0.1, 0.15) is 33.6 Å². The Labute approximate surface area is 111 Å². The fourth-order valence-electron chi connectivity index (χ4n) is 1.57. The molecular formula is C15H26N2O. The van der Waals surface area contributed by atoms with Crippen molar-refractivity contribution in [3.8, 4) is 5.75 Å².